The van der Waals surface area contributed by atoms with Gasteiger partial charge in [0.15, 0.2) is 23.3 Å². The number of rotatable bonds is 11. The first-order valence-corrected chi connectivity index (χ1v) is 14.6. The highest BCUT2D eigenvalue weighted by Crippen LogP contribution is 2.38. The molecule has 0 unspecified atom stereocenters. The molecule has 3 nitrogen and oxygen atoms in total. The van der Waals surface area contributed by atoms with Crippen LogP contribution in [-0.4, -0.2) is 9.97 Å². The maximum absolute atomic E-state index is 15.0. The number of alkyl halides is 2. The average molecular weight is 655 g/mol. The molecule has 0 bridgehead atoms. The fourth-order valence-corrected chi connectivity index (χ4v) is 4.81. The van der Waals surface area contributed by atoms with Gasteiger partial charge in [-0.1, -0.05) is 68.3 Å². The minimum absolute atomic E-state index is 0.0979. The van der Waals surface area contributed by atoms with Crippen LogP contribution in [0.25, 0.3) is 34.7 Å². The molecule has 0 fully saturated rings. The molecule has 5 rings (SSSR count). The van der Waals surface area contributed by atoms with Crippen LogP contribution in [0.2, 0.25) is 0 Å². The molecule has 0 aliphatic heterocycles. The van der Waals surface area contributed by atoms with Crippen LogP contribution in [0.4, 0.5) is 35.1 Å². The SMILES string of the molecule is CCCCCc1cnc(-c2ccc(/C=C/c3ccc(-c4cc(F)c(C(F)(F)Oc5cc(F)c(F)c(F)c5)c(F)c4)c(F)c3)cc2)nc1. The number of hydrogen-bond donors (Lipinski definition) is 0. The van der Waals surface area contributed by atoms with Crippen molar-refractivity contribution in [2.45, 2.75) is 38.7 Å². The minimum Gasteiger partial charge on any atom is -0.429 e. The second-order valence-corrected chi connectivity index (χ2v) is 10.7. The Morgan fingerprint density at radius 2 is 1.26 bits per heavy atom. The lowest BCUT2D eigenvalue weighted by atomic mass is 10.00. The summed E-state index contributed by atoms with van der Waals surface area (Å²) in [5.41, 5.74) is 0.558. The second kappa shape index (κ2) is 14.1. The predicted molar refractivity (Wildman–Crippen MR) is 162 cm³/mol. The Bertz CT molecular complexity index is 1860. The molecule has 0 spiro atoms. The molecule has 47 heavy (non-hydrogen) atoms. The molecule has 11 heteroatoms. The Hall–Kier alpha value is -5.06. The number of aromatic nitrogens is 2. The molecule has 4 aromatic carbocycles. The van der Waals surface area contributed by atoms with Gasteiger partial charge in [0.2, 0.25) is 0 Å². The van der Waals surface area contributed by atoms with Gasteiger partial charge in [-0.2, -0.15) is 8.78 Å². The monoisotopic (exact) mass is 654 g/mol. The smallest absolute Gasteiger partial charge is 0.429 e. The standard InChI is InChI=1S/C36H26F8N2O/c1-2-3-4-5-23-19-45-35(46-20-23)24-11-8-21(9-12-24)6-7-22-10-13-27(28(37)14-22)25-15-29(38)33(30(39)16-25)36(43,44)47-26-17-31(40)34(42)32(41)18-26/h6-20H,2-5H2,1H3/b7-6+. The van der Waals surface area contributed by atoms with Crippen LogP contribution in [0.1, 0.15) is 48.4 Å². The van der Waals surface area contributed by atoms with Crippen molar-refractivity contribution < 1.29 is 39.9 Å². The number of nitrogens with zero attached hydrogens (tertiary/aromatic N) is 2. The fourth-order valence-electron chi connectivity index (χ4n) is 4.81. The van der Waals surface area contributed by atoms with Crippen molar-refractivity contribution in [3.63, 3.8) is 0 Å². The topological polar surface area (TPSA) is 35.0 Å². The van der Waals surface area contributed by atoms with E-state index in [9.17, 15) is 30.7 Å². The summed E-state index contributed by atoms with van der Waals surface area (Å²) in [4.78, 5) is 8.90. The van der Waals surface area contributed by atoms with Gasteiger partial charge < -0.3 is 4.74 Å². The Kier molecular flexibility index (Phi) is 10.0. The molecule has 0 atom stereocenters. The van der Waals surface area contributed by atoms with Gasteiger partial charge in [-0.3, -0.25) is 0 Å². The van der Waals surface area contributed by atoms with Crippen LogP contribution < -0.4 is 4.74 Å². The summed E-state index contributed by atoms with van der Waals surface area (Å²) in [5.74, 6) is -10.8. The van der Waals surface area contributed by atoms with E-state index in [-0.39, 0.29) is 17.7 Å². The molecule has 1 heterocycles. The van der Waals surface area contributed by atoms with Crippen molar-refractivity contribution in [3.8, 4) is 28.3 Å². The maximum Gasteiger partial charge on any atom is 0.432 e. The van der Waals surface area contributed by atoms with E-state index >= 15 is 4.39 Å². The van der Waals surface area contributed by atoms with Crippen molar-refractivity contribution in [3.05, 3.63) is 136 Å². The molecule has 242 valence electrons. The summed E-state index contributed by atoms with van der Waals surface area (Å²) in [6, 6.07) is 12.3. The molecular formula is C36H26F8N2O. The van der Waals surface area contributed by atoms with Gasteiger partial charge in [0.05, 0.1) is 0 Å². The van der Waals surface area contributed by atoms with E-state index in [1.54, 1.807) is 12.2 Å². The van der Waals surface area contributed by atoms with Crippen molar-refractivity contribution in [2.24, 2.45) is 0 Å². The van der Waals surface area contributed by atoms with E-state index in [4.69, 9.17) is 0 Å². The van der Waals surface area contributed by atoms with Crippen LogP contribution in [0.3, 0.4) is 0 Å². The van der Waals surface area contributed by atoms with Crippen LogP contribution in [0.15, 0.2) is 79.1 Å². The Morgan fingerprint density at radius 1 is 0.660 bits per heavy atom. The van der Waals surface area contributed by atoms with Gasteiger partial charge in [0.25, 0.3) is 0 Å². The number of hydrogen-bond acceptors (Lipinski definition) is 3. The first-order valence-electron chi connectivity index (χ1n) is 14.6. The van der Waals surface area contributed by atoms with Crippen molar-refractivity contribution in [1.82, 2.24) is 9.97 Å². The lowest BCUT2D eigenvalue weighted by molar-refractivity contribution is -0.189. The molecule has 1 aromatic heterocycles. The zero-order valence-electron chi connectivity index (χ0n) is 24.8. The van der Waals surface area contributed by atoms with Crippen LogP contribution in [0, 0.1) is 34.9 Å². The zero-order chi connectivity index (χ0) is 33.7. The van der Waals surface area contributed by atoms with Gasteiger partial charge in [-0.25, -0.2) is 36.3 Å². The third kappa shape index (κ3) is 7.85. The molecule has 5 aromatic rings. The number of aryl methyl sites for hydroxylation is 1. The maximum atomic E-state index is 15.0. The van der Waals surface area contributed by atoms with E-state index in [2.05, 4.69) is 21.6 Å². The molecule has 0 saturated heterocycles. The van der Waals surface area contributed by atoms with Gasteiger partial charge in [0, 0.05) is 35.7 Å². The van der Waals surface area contributed by atoms with E-state index in [1.165, 1.54) is 12.1 Å². The van der Waals surface area contributed by atoms with Crippen LogP contribution >= 0.6 is 0 Å². The summed E-state index contributed by atoms with van der Waals surface area (Å²) in [6.07, 6.45) is 6.55. The Balaban J connectivity index is 1.28. The van der Waals surface area contributed by atoms with Gasteiger partial charge in [0.1, 0.15) is 28.8 Å². The number of ether oxygens (including phenoxy) is 1. The van der Waals surface area contributed by atoms with E-state index in [0.29, 0.717) is 23.5 Å². The number of benzene rings is 4. The summed E-state index contributed by atoms with van der Waals surface area (Å²) in [5, 5.41) is 0. The van der Waals surface area contributed by atoms with E-state index < -0.39 is 57.9 Å². The zero-order valence-corrected chi connectivity index (χ0v) is 24.8. The van der Waals surface area contributed by atoms with E-state index in [0.717, 1.165) is 48.4 Å². The van der Waals surface area contributed by atoms with Crippen LogP contribution in [-0.2, 0) is 12.5 Å². The largest absolute Gasteiger partial charge is 0.432 e. The molecule has 0 saturated carbocycles. The molecule has 0 radical (unpaired) electrons. The summed E-state index contributed by atoms with van der Waals surface area (Å²) >= 11 is 0. The highest BCUT2D eigenvalue weighted by molar-refractivity contribution is 5.73. The predicted octanol–water partition coefficient (Wildman–Crippen LogP) is 10.7. The third-order valence-electron chi connectivity index (χ3n) is 7.25. The summed E-state index contributed by atoms with van der Waals surface area (Å²) in [6.45, 7) is 2.15. The first-order chi connectivity index (χ1) is 22.4. The number of unbranched alkanes of at least 4 members (excludes halogenated alkanes) is 2. The average Bonchev–Trinajstić information content (AvgIpc) is 3.02. The lowest BCUT2D eigenvalue weighted by Crippen LogP contribution is -2.25. The third-order valence-corrected chi connectivity index (χ3v) is 7.25. The van der Waals surface area contributed by atoms with Gasteiger partial charge in [-0.05, 0) is 53.3 Å². The van der Waals surface area contributed by atoms with Crippen molar-refractivity contribution in [1.29, 1.82) is 0 Å². The Labute approximate surface area is 265 Å². The molecular weight excluding hydrogens is 628 g/mol. The minimum atomic E-state index is -4.76. The van der Waals surface area contributed by atoms with Gasteiger partial charge >= 0.3 is 6.11 Å². The number of halogens is 8. The van der Waals surface area contributed by atoms with Crippen molar-refractivity contribution in [2.75, 3.05) is 0 Å². The summed E-state index contributed by atoms with van der Waals surface area (Å²) < 4.78 is 118. The molecule has 0 N–H and O–H groups in total. The first kappa shape index (κ1) is 33.3. The lowest BCUT2D eigenvalue weighted by Gasteiger charge is -2.20. The summed E-state index contributed by atoms with van der Waals surface area (Å²) in [7, 11) is 0. The second-order valence-electron chi connectivity index (χ2n) is 10.7. The molecule has 0 aliphatic carbocycles. The van der Waals surface area contributed by atoms with Gasteiger partial charge in [-0.15, -0.1) is 0 Å². The Morgan fingerprint density at radius 3 is 1.85 bits per heavy atom. The van der Waals surface area contributed by atoms with Crippen LogP contribution in [0.5, 0.6) is 5.75 Å². The fraction of sp³-hybridized carbons (Fsp3) is 0.167. The quantitative estimate of drug-likeness (QED) is 0.0615. The molecule has 0 aliphatic rings. The highest BCUT2D eigenvalue weighted by atomic mass is 19.3. The molecule has 0 amide bonds. The highest BCUT2D eigenvalue weighted by Gasteiger charge is 2.41. The van der Waals surface area contributed by atoms with E-state index in [1.807, 2.05) is 36.7 Å². The van der Waals surface area contributed by atoms with Crippen molar-refractivity contribution >= 4 is 12.2 Å². The normalized spacial score (nSPS) is 11.8.